The van der Waals surface area contributed by atoms with Crippen molar-refractivity contribution in [2.24, 2.45) is 4.99 Å². The van der Waals surface area contributed by atoms with Crippen LogP contribution in [0.2, 0.25) is 0 Å². The SMILES string of the molecule is O.O=C(O)c1ccccn1.O=C1C=CC=CC1=N/C=C1/C=CC=CN1.[Cl][Ru]. The molecule has 0 bridgehead atoms. The third kappa shape index (κ3) is 9.56. The summed E-state index contributed by atoms with van der Waals surface area (Å²) >= 11 is 1.82. The molecule has 7 nitrogen and oxygen atoms in total. The Kier molecular flexibility index (Phi) is 13.1. The van der Waals surface area contributed by atoms with Crippen molar-refractivity contribution in [2.75, 3.05) is 0 Å². The molecule has 143 valence electrons. The van der Waals surface area contributed by atoms with Gasteiger partial charge >= 0.3 is 33.0 Å². The third-order valence-electron chi connectivity index (χ3n) is 2.83. The number of carboxylic acids is 1. The molecule has 0 aromatic carbocycles. The molecule has 3 rings (SSSR count). The second kappa shape index (κ2) is 14.5. The molecule has 0 saturated carbocycles. The van der Waals surface area contributed by atoms with Crippen molar-refractivity contribution >= 4 is 27.2 Å². The molecule has 0 saturated heterocycles. The predicted octanol–water partition coefficient (Wildman–Crippen LogP) is 2.28. The van der Waals surface area contributed by atoms with Crippen molar-refractivity contribution in [3.63, 3.8) is 0 Å². The molecular formula is C18H17ClN3O4Ru. The van der Waals surface area contributed by atoms with Gasteiger partial charge in [-0.25, -0.2) is 9.78 Å². The molecule has 2 heterocycles. The van der Waals surface area contributed by atoms with Crippen LogP contribution in [0.1, 0.15) is 10.5 Å². The van der Waals surface area contributed by atoms with E-state index in [1.165, 1.54) is 18.3 Å². The van der Waals surface area contributed by atoms with E-state index in [9.17, 15) is 9.59 Å². The zero-order valence-electron chi connectivity index (χ0n) is 13.9. The van der Waals surface area contributed by atoms with E-state index in [4.69, 9.17) is 5.11 Å². The number of halogens is 1. The van der Waals surface area contributed by atoms with Gasteiger partial charge in [-0.2, -0.15) is 0 Å². The summed E-state index contributed by atoms with van der Waals surface area (Å²) < 4.78 is 0. The van der Waals surface area contributed by atoms with Crippen LogP contribution in [0.15, 0.2) is 90.0 Å². The molecule has 1 aromatic heterocycles. The van der Waals surface area contributed by atoms with Crippen LogP contribution >= 0.6 is 9.69 Å². The summed E-state index contributed by atoms with van der Waals surface area (Å²) in [6.07, 6.45) is 17.3. The Bertz CT molecular complexity index is 800. The summed E-state index contributed by atoms with van der Waals surface area (Å²) in [5, 5.41) is 11.3. The number of carbonyl (C=O) groups is 2. The first-order valence-electron chi connectivity index (χ1n) is 7.21. The van der Waals surface area contributed by atoms with E-state index in [1.807, 2.05) is 41.7 Å². The number of nitrogens with zero attached hydrogens (tertiary/aromatic N) is 2. The topological polar surface area (TPSA) is 123 Å². The number of carbonyl (C=O) groups excluding carboxylic acids is 1. The third-order valence-corrected chi connectivity index (χ3v) is 2.83. The summed E-state index contributed by atoms with van der Waals surface area (Å²) in [6, 6.07) is 4.76. The molecule has 0 spiro atoms. The standard InChI is InChI=1S/C12H10N2O.C6H5NO2.ClH.H2O.Ru/c15-12-7-2-1-6-11(12)14-9-10-5-3-4-8-13-10;8-6(9)5-3-1-2-4-7-5;;;/h1-9,13H;1-4H,(H,8,9);1H;1H2;/q;;;;+1/p-1/b10-9-,14-11?;;;;. The number of rotatable bonds is 2. The molecular weight excluding hydrogens is 459 g/mol. The number of hydrogen-bond donors (Lipinski definition) is 2. The number of hydrogen-bond acceptors (Lipinski definition) is 5. The number of aromatic nitrogens is 1. The van der Waals surface area contributed by atoms with Crippen molar-refractivity contribution in [1.82, 2.24) is 10.3 Å². The molecule has 0 amide bonds. The number of aliphatic imine (C=N–C) groups is 1. The second-order valence-corrected chi connectivity index (χ2v) is 4.56. The van der Waals surface area contributed by atoms with Gasteiger partial charge in [0.25, 0.3) is 0 Å². The monoisotopic (exact) mass is 476 g/mol. The number of dihydropyridines is 1. The van der Waals surface area contributed by atoms with Crippen molar-refractivity contribution in [3.8, 4) is 0 Å². The van der Waals surface area contributed by atoms with Crippen LogP contribution in [0.3, 0.4) is 0 Å². The minimum absolute atomic E-state index is 0. The van der Waals surface area contributed by atoms with Gasteiger partial charge in [0.2, 0.25) is 5.78 Å². The van der Waals surface area contributed by atoms with Gasteiger partial charge in [-0.05, 0) is 36.4 Å². The van der Waals surface area contributed by atoms with Crippen molar-refractivity contribution < 1.29 is 37.5 Å². The van der Waals surface area contributed by atoms with Gasteiger partial charge in [0, 0.05) is 12.4 Å². The zero-order chi connectivity index (χ0) is 19.2. The Labute approximate surface area is 170 Å². The summed E-state index contributed by atoms with van der Waals surface area (Å²) in [5.41, 5.74) is 1.40. The van der Waals surface area contributed by atoms with Crippen LogP contribution in [0.4, 0.5) is 0 Å². The summed E-state index contributed by atoms with van der Waals surface area (Å²) in [6.45, 7) is 0. The summed E-state index contributed by atoms with van der Waals surface area (Å²) in [4.78, 5) is 29.1. The van der Waals surface area contributed by atoms with E-state index < -0.39 is 5.97 Å². The predicted molar refractivity (Wildman–Crippen MR) is 101 cm³/mol. The molecule has 0 fully saturated rings. The number of aromatic carboxylic acids is 1. The number of carboxylic acid groups (broad SMARTS) is 1. The van der Waals surface area contributed by atoms with Crippen LogP contribution in [0.25, 0.3) is 0 Å². The molecule has 0 unspecified atom stereocenters. The molecule has 2 aliphatic rings. The van der Waals surface area contributed by atoms with E-state index >= 15 is 0 Å². The minimum atomic E-state index is -0.990. The molecule has 1 aromatic rings. The van der Waals surface area contributed by atoms with Gasteiger partial charge in [0.15, 0.2) is 0 Å². The van der Waals surface area contributed by atoms with E-state index in [2.05, 4.69) is 25.0 Å². The molecule has 1 aliphatic carbocycles. The van der Waals surface area contributed by atoms with Crippen molar-refractivity contribution in [1.29, 1.82) is 0 Å². The molecule has 1 aliphatic heterocycles. The first-order chi connectivity index (χ1) is 12.7. The maximum absolute atomic E-state index is 11.3. The Morgan fingerprint density at radius 2 is 1.85 bits per heavy atom. The van der Waals surface area contributed by atoms with E-state index in [0.29, 0.717) is 5.71 Å². The maximum atomic E-state index is 11.3. The summed E-state index contributed by atoms with van der Waals surface area (Å²) in [5.74, 6) is -1.06. The van der Waals surface area contributed by atoms with Crippen LogP contribution in [0.5, 0.6) is 0 Å². The molecule has 4 N–H and O–H groups in total. The van der Waals surface area contributed by atoms with Crippen LogP contribution < -0.4 is 5.32 Å². The van der Waals surface area contributed by atoms with Gasteiger partial charge in [-0.1, -0.05) is 24.3 Å². The van der Waals surface area contributed by atoms with Gasteiger partial charge < -0.3 is 15.9 Å². The zero-order valence-corrected chi connectivity index (χ0v) is 16.4. The van der Waals surface area contributed by atoms with Crippen LogP contribution in [-0.4, -0.2) is 33.0 Å². The quantitative estimate of drug-likeness (QED) is 0.501. The van der Waals surface area contributed by atoms with Crippen LogP contribution in [-0.2, 0) is 22.1 Å². The fourth-order valence-electron chi connectivity index (χ4n) is 1.68. The van der Waals surface area contributed by atoms with E-state index in [0.717, 1.165) is 5.70 Å². The van der Waals surface area contributed by atoms with Crippen molar-refractivity contribution in [3.05, 3.63) is 90.7 Å². The van der Waals surface area contributed by atoms with Crippen LogP contribution in [0, 0.1) is 0 Å². The van der Waals surface area contributed by atoms with Gasteiger partial charge in [0.05, 0.1) is 11.9 Å². The summed E-state index contributed by atoms with van der Waals surface area (Å²) in [7, 11) is 4.57. The Morgan fingerprint density at radius 1 is 1.15 bits per heavy atom. The first kappa shape index (κ1) is 24.3. The van der Waals surface area contributed by atoms with E-state index in [-0.39, 0.29) is 17.0 Å². The van der Waals surface area contributed by atoms with Gasteiger partial charge in [-0.15, -0.1) is 0 Å². The van der Waals surface area contributed by atoms with Crippen molar-refractivity contribution in [2.45, 2.75) is 0 Å². The second-order valence-electron chi connectivity index (χ2n) is 4.56. The number of pyridine rings is 1. The Morgan fingerprint density at radius 3 is 2.37 bits per heavy atom. The first-order valence-corrected chi connectivity index (χ1v) is 9.45. The Hall–Kier alpha value is -2.67. The van der Waals surface area contributed by atoms with E-state index in [1.54, 1.807) is 36.6 Å². The fourth-order valence-corrected chi connectivity index (χ4v) is 1.68. The molecule has 27 heavy (non-hydrogen) atoms. The number of nitrogens with one attached hydrogen (secondary N) is 1. The molecule has 0 atom stereocenters. The fraction of sp³-hybridized carbons (Fsp3) is 0. The average Bonchev–Trinajstić information content (AvgIpc) is 2.71. The van der Waals surface area contributed by atoms with Gasteiger partial charge in [0.1, 0.15) is 11.4 Å². The normalized spacial score (nSPS) is 16.4. The number of ketones is 1. The molecule has 0 radical (unpaired) electrons. The van der Waals surface area contributed by atoms with Gasteiger partial charge in [-0.3, -0.25) is 9.79 Å². The number of allylic oxidation sites excluding steroid dienone is 7. The molecule has 9 heteroatoms. The Balaban J connectivity index is 0.000000487. The average molecular weight is 476 g/mol.